The van der Waals surface area contributed by atoms with Crippen LogP contribution in [0.4, 0.5) is 10.1 Å². The number of hydrogen-bond acceptors (Lipinski definition) is 5. The molecule has 1 amide bonds. The van der Waals surface area contributed by atoms with Gasteiger partial charge in [-0.25, -0.2) is 4.39 Å². The number of nitrogens with one attached hydrogen (secondary N) is 1. The first-order chi connectivity index (χ1) is 12.6. The number of benzene rings is 1. The lowest BCUT2D eigenvalue weighted by atomic mass is 10.3. The molecular formula is C18H18FN5OS. The van der Waals surface area contributed by atoms with Crippen LogP contribution in [0.5, 0.6) is 0 Å². The van der Waals surface area contributed by atoms with Crippen molar-refractivity contribution in [2.24, 2.45) is 0 Å². The Hall–Kier alpha value is -2.74. The van der Waals surface area contributed by atoms with E-state index in [4.69, 9.17) is 0 Å². The van der Waals surface area contributed by atoms with Crippen LogP contribution >= 0.6 is 11.8 Å². The summed E-state index contributed by atoms with van der Waals surface area (Å²) in [5.74, 6) is 0.189. The van der Waals surface area contributed by atoms with E-state index in [2.05, 4.69) is 20.5 Å². The van der Waals surface area contributed by atoms with E-state index in [0.717, 1.165) is 5.56 Å². The average Bonchev–Trinajstić information content (AvgIpc) is 3.06. The second kappa shape index (κ2) is 8.09. The SMILES string of the molecule is CCn1c(S[C@@H](C)C(=O)Nc2ccc(F)cc2)nnc1-c1cccnc1. The van der Waals surface area contributed by atoms with Crippen molar-refractivity contribution in [2.45, 2.75) is 30.8 Å². The minimum atomic E-state index is -0.392. The van der Waals surface area contributed by atoms with E-state index in [0.29, 0.717) is 23.2 Å². The lowest BCUT2D eigenvalue weighted by Gasteiger charge is -2.12. The highest BCUT2D eigenvalue weighted by atomic mass is 32.2. The topological polar surface area (TPSA) is 72.7 Å². The zero-order valence-electron chi connectivity index (χ0n) is 14.4. The lowest BCUT2D eigenvalue weighted by Crippen LogP contribution is -2.23. The average molecular weight is 371 g/mol. The quantitative estimate of drug-likeness (QED) is 0.670. The summed E-state index contributed by atoms with van der Waals surface area (Å²) in [6, 6.07) is 9.43. The zero-order chi connectivity index (χ0) is 18.5. The van der Waals surface area contributed by atoms with Crippen molar-refractivity contribution in [3.63, 3.8) is 0 Å². The molecular weight excluding hydrogens is 353 g/mol. The zero-order valence-corrected chi connectivity index (χ0v) is 15.2. The predicted molar refractivity (Wildman–Crippen MR) is 99.3 cm³/mol. The summed E-state index contributed by atoms with van der Waals surface area (Å²) in [5, 5.41) is 11.5. The molecule has 0 aliphatic heterocycles. The smallest absolute Gasteiger partial charge is 0.237 e. The summed E-state index contributed by atoms with van der Waals surface area (Å²) in [4.78, 5) is 16.5. The number of thioether (sulfide) groups is 1. The van der Waals surface area contributed by atoms with Gasteiger partial charge in [0.25, 0.3) is 0 Å². The molecule has 0 spiro atoms. The van der Waals surface area contributed by atoms with E-state index in [1.54, 1.807) is 19.3 Å². The largest absolute Gasteiger partial charge is 0.325 e. The fraction of sp³-hybridized carbons (Fsp3) is 0.222. The third-order valence-corrected chi connectivity index (χ3v) is 4.80. The van der Waals surface area contributed by atoms with E-state index < -0.39 is 5.25 Å². The minimum Gasteiger partial charge on any atom is -0.325 e. The lowest BCUT2D eigenvalue weighted by molar-refractivity contribution is -0.115. The number of nitrogens with zero attached hydrogens (tertiary/aromatic N) is 4. The number of aromatic nitrogens is 4. The Morgan fingerprint density at radius 2 is 2.04 bits per heavy atom. The first-order valence-corrected chi connectivity index (χ1v) is 9.03. The number of pyridine rings is 1. The van der Waals surface area contributed by atoms with Crippen LogP contribution in [0.15, 0.2) is 53.9 Å². The van der Waals surface area contributed by atoms with Crippen LogP contribution in [0.2, 0.25) is 0 Å². The Kier molecular flexibility index (Phi) is 5.62. The molecule has 0 bridgehead atoms. The van der Waals surface area contributed by atoms with Gasteiger partial charge in [-0.2, -0.15) is 0 Å². The molecule has 0 radical (unpaired) electrons. The number of rotatable bonds is 6. The fourth-order valence-electron chi connectivity index (χ4n) is 2.36. The molecule has 8 heteroatoms. The number of amides is 1. The molecule has 2 heterocycles. The summed E-state index contributed by atoms with van der Waals surface area (Å²) in [6.45, 7) is 4.46. The van der Waals surface area contributed by atoms with Crippen LogP contribution in [-0.4, -0.2) is 30.9 Å². The maximum absolute atomic E-state index is 13.0. The van der Waals surface area contributed by atoms with E-state index in [1.165, 1.54) is 36.0 Å². The maximum atomic E-state index is 13.0. The van der Waals surface area contributed by atoms with Crippen molar-refractivity contribution >= 4 is 23.4 Å². The van der Waals surface area contributed by atoms with Gasteiger partial charge in [-0.1, -0.05) is 11.8 Å². The van der Waals surface area contributed by atoms with Gasteiger partial charge < -0.3 is 9.88 Å². The molecule has 26 heavy (non-hydrogen) atoms. The maximum Gasteiger partial charge on any atom is 0.237 e. The van der Waals surface area contributed by atoms with E-state index in [1.807, 2.05) is 23.6 Å². The number of carbonyl (C=O) groups is 1. The second-order valence-electron chi connectivity index (χ2n) is 5.55. The predicted octanol–water partition coefficient (Wildman–Crippen LogP) is 3.62. The third kappa shape index (κ3) is 4.08. The molecule has 0 saturated heterocycles. The van der Waals surface area contributed by atoms with Crippen molar-refractivity contribution < 1.29 is 9.18 Å². The molecule has 1 aromatic carbocycles. The van der Waals surface area contributed by atoms with Crippen molar-refractivity contribution in [3.8, 4) is 11.4 Å². The summed E-state index contributed by atoms with van der Waals surface area (Å²) < 4.78 is 14.9. The van der Waals surface area contributed by atoms with E-state index >= 15 is 0 Å². The highest BCUT2D eigenvalue weighted by Gasteiger charge is 2.20. The molecule has 1 atom stereocenters. The molecule has 0 aliphatic carbocycles. The Morgan fingerprint density at radius 3 is 2.69 bits per heavy atom. The molecule has 0 aliphatic rings. The highest BCUT2D eigenvalue weighted by molar-refractivity contribution is 8.00. The van der Waals surface area contributed by atoms with Crippen molar-refractivity contribution in [2.75, 3.05) is 5.32 Å². The van der Waals surface area contributed by atoms with E-state index in [9.17, 15) is 9.18 Å². The summed E-state index contributed by atoms with van der Waals surface area (Å²) >= 11 is 1.32. The Bertz CT molecular complexity index is 882. The van der Waals surface area contributed by atoms with Crippen LogP contribution in [0, 0.1) is 5.82 Å². The van der Waals surface area contributed by atoms with Crippen LogP contribution < -0.4 is 5.32 Å². The van der Waals surface area contributed by atoms with Gasteiger partial charge >= 0.3 is 0 Å². The van der Waals surface area contributed by atoms with Gasteiger partial charge in [0.2, 0.25) is 5.91 Å². The van der Waals surface area contributed by atoms with Crippen molar-refractivity contribution in [1.82, 2.24) is 19.7 Å². The van der Waals surface area contributed by atoms with Crippen LogP contribution in [0.1, 0.15) is 13.8 Å². The highest BCUT2D eigenvalue weighted by Crippen LogP contribution is 2.27. The number of halogens is 1. The van der Waals surface area contributed by atoms with Crippen LogP contribution in [-0.2, 0) is 11.3 Å². The molecule has 3 aromatic rings. The first-order valence-electron chi connectivity index (χ1n) is 8.15. The minimum absolute atomic E-state index is 0.185. The standard InChI is InChI=1S/C18H18FN5OS/c1-3-24-16(13-5-4-10-20-11-13)22-23-18(24)26-12(2)17(25)21-15-8-6-14(19)7-9-15/h4-12H,3H2,1-2H3,(H,21,25)/t12-/m0/s1. The molecule has 134 valence electrons. The summed E-state index contributed by atoms with van der Waals surface area (Å²) in [5.41, 5.74) is 1.42. The number of carbonyl (C=O) groups excluding carboxylic acids is 1. The van der Waals surface area contributed by atoms with Crippen molar-refractivity contribution in [1.29, 1.82) is 0 Å². The third-order valence-electron chi connectivity index (χ3n) is 3.72. The van der Waals surface area contributed by atoms with E-state index in [-0.39, 0.29) is 11.7 Å². The summed E-state index contributed by atoms with van der Waals surface area (Å²) in [7, 11) is 0. The number of hydrogen-bond donors (Lipinski definition) is 1. The molecule has 1 N–H and O–H groups in total. The van der Waals surface area contributed by atoms with Gasteiger partial charge in [-0.05, 0) is 50.2 Å². The second-order valence-corrected chi connectivity index (χ2v) is 6.86. The van der Waals surface area contributed by atoms with Crippen molar-refractivity contribution in [3.05, 3.63) is 54.6 Å². The monoisotopic (exact) mass is 371 g/mol. The van der Waals surface area contributed by atoms with Crippen LogP contribution in [0.3, 0.4) is 0 Å². The van der Waals surface area contributed by atoms with Gasteiger partial charge in [0, 0.05) is 30.2 Å². The van der Waals surface area contributed by atoms with Gasteiger partial charge in [0.05, 0.1) is 5.25 Å². The van der Waals surface area contributed by atoms with Gasteiger partial charge in [-0.3, -0.25) is 9.78 Å². The molecule has 0 saturated carbocycles. The fourth-order valence-corrected chi connectivity index (χ4v) is 3.27. The Balaban J connectivity index is 1.73. The Labute approximate surface area is 154 Å². The molecule has 3 rings (SSSR count). The Morgan fingerprint density at radius 1 is 1.27 bits per heavy atom. The van der Waals surface area contributed by atoms with Crippen LogP contribution in [0.25, 0.3) is 11.4 Å². The summed E-state index contributed by atoms with van der Waals surface area (Å²) in [6.07, 6.45) is 3.43. The number of anilines is 1. The molecule has 2 aromatic heterocycles. The normalized spacial score (nSPS) is 12.0. The molecule has 6 nitrogen and oxygen atoms in total. The van der Waals surface area contributed by atoms with Gasteiger partial charge in [0.1, 0.15) is 5.82 Å². The van der Waals surface area contributed by atoms with Gasteiger partial charge in [0.15, 0.2) is 11.0 Å². The van der Waals surface area contributed by atoms with Gasteiger partial charge in [-0.15, -0.1) is 10.2 Å². The first kappa shape index (κ1) is 18.1. The molecule has 0 unspecified atom stereocenters. The molecule has 0 fully saturated rings.